The molecule has 1 aliphatic heterocycles. The average molecular weight is 340 g/mol. The van der Waals surface area contributed by atoms with E-state index in [2.05, 4.69) is 22.8 Å². The van der Waals surface area contributed by atoms with Gasteiger partial charge in [0, 0.05) is 19.5 Å². The molecule has 0 unspecified atom stereocenters. The maximum absolute atomic E-state index is 11.8. The van der Waals surface area contributed by atoms with Gasteiger partial charge in [0.05, 0.1) is 13.2 Å². The molecule has 0 spiro atoms. The molecule has 2 aromatic carbocycles. The van der Waals surface area contributed by atoms with Crippen molar-refractivity contribution in [2.75, 3.05) is 19.7 Å². The number of urea groups is 1. The summed E-state index contributed by atoms with van der Waals surface area (Å²) in [5.41, 5.74) is 4.51. The zero-order chi connectivity index (χ0) is 17.5. The van der Waals surface area contributed by atoms with E-state index in [1.165, 1.54) is 11.1 Å². The Balaban J connectivity index is 1.34. The third kappa shape index (κ3) is 4.97. The van der Waals surface area contributed by atoms with E-state index in [9.17, 15) is 4.79 Å². The lowest BCUT2D eigenvalue weighted by Gasteiger charge is -2.09. The van der Waals surface area contributed by atoms with Crippen molar-refractivity contribution in [2.45, 2.75) is 25.9 Å². The van der Waals surface area contributed by atoms with E-state index in [1.807, 2.05) is 30.3 Å². The summed E-state index contributed by atoms with van der Waals surface area (Å²) in [5.74, 6) is 0.987. The van der Waals surface area contributed by atoms with Crippen LogP contribution in [0.15, 0.2) is 42.5 Å². The van der Waals surface area contributed by atoms with Crippen LogP contribution in [0.3, 0.4) is 0 Å². The summed E-state index contributed by atoms with van der Waals surface area (Å²) in [5, 5.41) is 14.8. The molecule has 132 valence electrons. The van der Waals surface area contributed by atoms with Crippen LogP contribution in [-0.2, 0) is 25.9 Å². The molecule has 0 saturated carbocycles. The molecule has 3 rings (SSSR count). The number of hydrogen-bond donors (Lipinski definition) is 3. The summed E-state index contributed by atoms with van der Waals surface area (Å²) >= 11 is 0. The van der Waals surface area contributed by atoms with Crippen LogP contribution in [0.2, 0.25) is 0 Å². The van der Waals surface area contributed by atoms with E-state index in [4.69, 9.17) is 9.84 Å². The van der Waals surface area contributed by atoms with Gasteiger partial charge in [-0.3, -0.25) is 0 Å². The van der Waals surface area contributed by atoms with Gasteiger partial charge < -0.3 is 20.5 Å². The minimum Gasteiger partial charge on any atom is -0.493 e. The molecule has 1 heterocycles. The Morgan fingerprint density at radius 3 is 2.32 bits per heavy atom. The first-order valence-electron chi connectivity index (χ1n) is 8.69. The van der Waals surface area contributed by atoms with Crippen molar-refractivity contribution in [3.63, 3.8) is 0 Å². The Kier molecular flexibility index (Phi) is 5.90. The first-order chi connectivity index (χ1) is 12.2. The Hall–Kier alpha value is -2.53. The second-order valence-electron chi connectivity index (χ2n) is 6.20. The molecule has 0 radical (unpaired) electrons. The van der Waals surface area contributed by atoms with Crippen molar-refractivity contribution in [3.05, 3.63) is 64.7 Å². The highest BCUT2D eigenvalue weighted by Crippen LogP contribution is 2.25. The molecule has 5 heteroatoms. The highest BCUT2D eigenvalue weighted by Gasteiger charge is 2.11. The fourth-order valence-electron chi connectivity index (χ4n) is 2.91. The summed E-state index contributed by atoms with van der Waals surface area (Å²) in [6.07, 6.45) is 2.55. The van der Waals surface area contributed by atoms with Crippen molar-refractivity contribution in [3.8, 4) is 5.75 Å². The van der Waals surface area contributed by atoms with Gasteiger partial charge in [-0.15, -0.1) is 0 Å². The number of amides is 2. The van der Waals surface area contributed by atoms with Crippen molar-refractivity contribution in [1.82, 2.24) is 10.6 Å². The standard InChI is InChI=1S/C20H24N2O3/c23-14-17-3-1-15(2-4-17)7-10-21-20(24)22-11-8-16-5-6-19-18(13-16)9-12-25-19/h1-6,13,23H,7-12,14H2,(H2,21,22,24). The van der Waals surface area contributed by atoms with Crippen LogP contribution in [0.4, 0.5) is 4.79 Å². The zero-order valence-electron chi connectivity index (χ0n) is 14.3. The predicted molar refractivity (Wildman–Crippen MR) is 96.8 cm³/mol. The summed E-state index contributed by atoms with van der Waals surface area (Å²) in [6, 6.07) is 13.8. The molecular formula is C20H24N2O3. The van der Waals surface area contributed by atoms with Crippen LogP contribution >= 0.6 is 0 Å². The Labute approximate surface area is 148 Å². The van der Waals surface area contributed by atoms with E-state index < -0.39 is 0 Å². The van der Waals surface area contributed by atoms with Gasteiger partial charge in [-0.2, -0.15) is 0 Å². The molecule has 2 amide bonds. The van der Waals surface area contributed by atoms with Crippen molar-refractivity contribution in [2.24, 2.45) is 0 Å². The molecule has 2 aromatic rings. The maximum atomic E-state index is 11.8. The molecule has 0 bridgehead atoms. The highest BCUT2D eigenvalue weighted by atomic mass is 16.5. The summed E-state index contributed by atoms with van der Waals surface area (Å²) < 4.78 is 5.50. The zero-order valence-corrected chi connectivity index (χ0v) is 14.3. The molecule has 0 aliphatic carbocycles. The quantitative estimate of drug-likeness (QED) is 0.724. The maximum Gasteiger partial charge on any atom is 0.314 e. The fourth-order valence-corrected chi connectivity index (χ4v) is 2.91. The minimum absolute atomic E-state index is 0.0538. The van der Waals surface area contributed by atoms with Crippen LogP contribution in [0.5, 0.6) is 5.75 Å². The van der Waals surface area contributed by atoms with Crippen LogP contribution in [0, 0.1) is 0 Å². The van der Waals surface area contributed by atoms with Crippen molar-refractivity contribution < 1.29 is 14.6 Å². The van der Waals surface area contributed by atoms with Crippen LogP contribution in [0.1, 0.15) is 22.3 Å². The number of carbonyl (C=O) groups is 1. The van der Waals surface area contributed by atoms with Gasteiger partial charge in [-0.1, -0.05) is 36.4 Å². The van der Waals surface area contributed by atoms with E-state index in [0.717, 1.165) is 42.7 Å². The van der Waals surface area contributed by atoms with Gasteiger partial charge in [0.1, 0.15) is 5.75 Å². The number of ether oxygens (including phenoxy) is 1. The summed E-state index contributed by atoms with van der Waals surface area (Å²) in [4.78, 5) is 11.8. The number of benzene rings is 2. The second kappa shape index (κ2) is 8.53. The lowest BCUT2D eigenvalue weighted by Crippen LogP contribution is -2.37. The number of fused-ring (bicyclic) bond motifs is 1. The average Bonchev–Trinajstić information content (AvgIpc) is 3.10. The van der Waals surface area contributed by atoms with Gasteiger partial charge in [-0.05, 0) is 41.2 Å². The van der Waals surface area contributed by atoms with E-state index >= 15 is 0 Å². The van der Waals surface area contributed by atoms with Gasteiger partial charge in [0.2, 0.25) is 0 Å². The summed E-state index contributed by atoms with van der Waals surface area (Å²) in [7, 11) is 0. The Morgan fingerprint density at radius 1 is 0.960 bits per heavy atom. The predicted octanol–water partition coefficient (Wildman–Crippen LogP) is 2.20. The van der Waals surface area contributed by atoms with Gasteiger partial charge in [-0.25, -0.2) is 4.79 Å². The number of aliphatic hydroxyl groups is 1. The molecular weight excluding hydrogens is 316 g/mol. The largest absolute Gasteiger partial charge is 0.493 e. The highest BCUT2D eigenvalue weighted by molar-refractivity contribution is 5.73. The van der Waals surface area contributed by atoms with E-state index in [-0.39, 0.29) is 12.6 Å². The molecule has 0 saturated heterocycles. The number of nitrogens with one attached hydrogen (secondary N) is 2. The van der Waals surface area contributed by atoms with E-state index in [0.29, 0.717) is 13.1 Å². The van der Waals surface area contributed by atoms with Gasteiger partial charge in [0.25, 0.3) is 0 Å². The lowest BCUT2D eigenvalue weighted by molar-refractivity contribution is 0.241. The molecule has 5 nitrogen and oxygen atoms in total. The van der Waals surface area contributed by atoms with Gasteiger partial charge in [0.15, 0.2) is 0 Å². The molecule has 0 atom stereocenters. The third-order valence-electron chi connectivity index (χ3n) is 4.36. The first kappa shape index (κ1) is 17.3. The number of aliphatic hydroxyl groups excluding tert-OH is 1. The molecule has 0 aromatic heterocycles. The topological polar surface area (TPSA) is 70.6 Å². The summed E-state index contributed by atoms with van der Waals surface area (Å²) in [6.45, 7) is 2.01. The normalized spacial score (nSPS) is 12.4. The number of rotatable bonds is 7. The number of hydrogen-bond acceptors (Lipinski definition) is 3. The Morgan fingerprint density at radius 2 is 1.60 bits per heavy atom. The second-order valence-corrected chi connectivity index (χ2v) is 6.20. The molecule has 0 fully saturated rings. The smallest absolute Gasteiger partial charge is 0.314 e. The van der Waals surface area contributed by atoms with Crippen molar-refractivity contribution >= 4 is 6.03 Å². The van der Waals surface area contributed by atoms with Crippen LogP contribution in [-0.4, -0.2) is 30.8 Å². The third-order valence-corrected chi connectivity index (χ3v) is 4.36. The monoisotopic (exact) mass is 340 g/mol. The fraction of sp³-hybridized carbons (Fsp3) is 0.350. The van der Waals surface area contributed by atoms with Crippen molar-refractivity contribution in [1.29, 1.82) is 0 Å². The molecule has 1 aliphatic rings. The lowest BCUT2D eigenvalue weighted by atomic mass is 10.1. The SMILES string of the molecule is O=C(NCCc1ccc(CO)cc1)NCCc1ccc2c(c1)CCO2. The van der Waals surface area contributed by atoms with Crippen LogP contribution in [0.25, 0.3) is 0 Å². The molecule has 25 heavy (non-hydrogen) atoms. The number of carbonyl (C=O) groups excluding carboxylic acids is 1. The minimum atomic E-state index is -0.142. The molecule has 3 N–H and O–H groups in total. The van der Waals surface area contributed by atoms with Gasteiger partial charge >= 0.3 is 6.03 Å². The first-order valence-corrected chi connectivity index (χ1v) is 8.69. The van der Waals surface area contributed by atoms with Crippen LogP contribution < -0.4 is 15.4 Å². The Bertz CT molecular complexity index is 713. The van der Waals surface area contributed by atoms with E-state index in [1.54, 1.807) is 0 Å².